The molecule has 0 bridgehead atoms. The van der Waals surface area contributed by atoms with Gasteiger partial charge in [0.1, 0.15) is 11.0 Å². The molecule has 2 aliphatic heterocycles. The maximum Gasteiger partial charge on any atom is 0.332 e. The van der Waals surface area contributed by atoms with Gasteiger partial charge in [-0.3, -0.25) is 9.78 Å². The van der Waals surface area contributed by atoms with Crippen molar-refractivity contribution >= 4 is 28.2 Å². The summed E-state index contributed by atoms with van der Waals surface area (Å²) in [5.74, 6) is -0.612. The first-order chi connectivity index (χ1) is 13.7. The van der Waals surface area contributed by atoms with Crippen LogP contribution in [0.3, 0.4) is 0 Å². The summed E-state index contributed by atoms with van der Waals surface area (Å²) in [6.45, 7) is 3.24. The third-order valence-corrected chi connectivity index (χ3v) is 6.01. The second-order valence-corrected chi connectivity index (χ2v) is 7.53. The zero-order valence-electron chi connectivity index (χ0n) is 15.5. The molecule has 28 heavy (non-hydrogen) atoms. The van der Waals surface area contributed by atoms with E-state index in [2.05, 4.69) is 9.88 Å². The fourth-order valence-corrected chi connectivity index (χ4v) is 4.57. The van der Waals surface area contributed by atoms with Gasteiger partial charge < -0.3 is 19.3 Å². The Kier molecular flexibility index (Phi) is 5.40. The number of rotatable bonds is 4. The number of thiophene rings is 1. The van der Waals surface area contributed by atoms with Crippen LogP contribution in [0, 0.1) is 0 Å². The van der Waals surface area contributed by atoms with Crippen molar-refractivity contribution in [2.45, 2.75) is 6.04 Å². The topological polar surface area (TPSA) is 72.0 Å². The van der Waals surface area contributed by atoms with Gasteiger partial charge in [0, 0.05) is 31.4 Å². The molecule has 1 saturated heterocycles. The van der Waals surface area contributed by atoms with Crippen LogP contribution >= 0.6 is 11.3 Å². The Labute approximate surface area is 167 Å². The largest absolute Gasteiger partial charge is 0.467 e. The Morgan fingerprint density at radius 1 is 1.29 bits per heavy atom. The lowest BCUT2D eigenvalue weighted by Gasteiger charge is -2.28. The molecule has 0 saturated carbocycles. The molecule has 4 rings (SSSR count). The second kappa shape index (κ2) is 8.12. The van der Waals surface area contributed by atoms with Crippen molar-refractivity contribution < 1.29 is 19.1 Å². The average molecular weight is 399 g/mol. The molecule has 0 spiro atoms. The highest BCUT2D eigenvalue weighted by Gasteiger charge is 2.33. The van der Waals surface area contributed by atoms with E-state index in [0.29, 0.717) is 24.6 Å². The normalized spacial score (nSPS) is 19.1. The molecule has 0 N–H and O–H groups in total. The Morgan fingerprint density at radius 3 is 2.82 bits per heavy atom. The predicted octanol–water partition coefficient (Wildman–Crippen LogP) is 2.20. The molecule has 7 nitrogen and oxygen atoms in total. The summed E-state index contributed by atoms with van der Waals surface area (Å²) in [5, 5.41) is 1.01. The third-order valence-electron chi connectivity index (χ3n) is 4.82. The average Bonchev–Trinajstić information content (AvgIpc) is 3.42. The van der Waals surface area contributed by atoms with Crippen LogP contribution in [0.5, 0.6) is 0 Å². The lowest BCUT2D eigenvalue weighted by molar-refractivity contribution is -0.143. The number of anilines is 1. The Balaban J connectivity index is 1.69. The first-order valence-corrected chi connectivity index (χ1v) is 9.94. The van der Waals surface area contributed by atoms with Gasteiger partial charge in [0.2, 0.25) is 0 Å². The van der Waals surface area contributed by atoms with Crippen molar-refractivity contribution in [1.82, 2.24) is 9.88 Å². The van der Waals surface area contributed by atoms with Crippen molar-refractivity contribution in [2.24, 2.45) is 0 Å². The van der Waals surface area contributed by atoms with E-state index < -0.39 is 12.0 Å². The summed E-state index contributed by atoms with van der Waals surface area (Å²) in [7, 11) is 1.33. The van der Waals surface area contributed by atoms with E-state index >= 15 is 0 Å². The molecule has 4 heterocycles. The highest BCUT2D eigenvalue weighted by atomic mass is 32.1. The highest BCUT2D eigenvalue weighted by molar-refractivity contribution is 7.18. The number of carbonyl (C=O) groups is 2. The zero-order chi connectivity index (χ0) is 19.5. The van der Waals surface area contributed by atoms with Crippen molar-refractivity contribution in [3.05, 3.63) is 47.5 Å². The smallest absolute Gasteiger partial charge is 0.332 e. The fourth-order valence-electron chi connectivity index (χ4n) is 3.39. The lowest BCUT2D eigenvalue weighted by Crippen LogP contribution is -2.41. The summed E-state index contributed by atoms with van der Waals surface area (Å²) in [6.07, 6.45) is 5.27. The molecule has 0 aromatic carbocycles. The van der Waals surface area contributed by atoms with E-state index in [4.69, 9.17) is 9.47 Å². The van der Waals surface area contributed by atoms with Gasteiger partial charge in [0.05, 0.1) is 30.9 Å². The van der Waals surface area contributed by atoms with Crippen molar-refractivity contribution in [1.29, 1.82) is 0 Å². The first-order valence-electron chi connectivity index (χ1n) is 9.12. The van der Waals surface area contributed by atoms with Crippen LogP contribution < -0.4 is 4.90 Å². The molecule has 8 heteroatoms. The molecule has 2 aromatic heterocycles. The summed E-state index contributed by atoms with van der Waals surface area (Å²) in [6, 6.07) is 6.95. The Hall–Kier alpha value is -2.71. The summed E-state index contributed by atoms with van der Waals surface area (Å²) in [5.41, 5.74) is 1.75. The molecule has 2 aromatic rings. The van der Waals surface area contributed by atoms with Crippen LogP contribution in [-0.4, -0.2) is 67.8 Å². The third kappa shape index (κ3) is 3.53. The minimum absolute atomic E-state index is 0.179. The standard InChI is InChI=1S/C20H21N3O4S/c1-26-20(25)16-6-4-8-23(16)18(24)17-13-14(15-5-2-3-7-21-15)19(28-17)22-9-11-27-12-10-22/h2-7,13,16H,8-12H2,1H3. The molecule has 0 radical (unpaired) electrons. The predicted molar refractivity (Wildman–Crippen MR) is 107 cm³/mol. The zero-order valence-corrected chi connectivity index (χ0v) is 16.4. The van der Waals surface area contributed by atoms with Crippen LogP contribution in [0.15, 0.2) is 42.6 Å². The quantitative estimate of drug-likeness (QED) is 0.580. The van der Waals surface area contributed by atoms with Gasteiger partial charge in [0.25, 0.3) is 5.91 Å². The SMILES string of the molecule is COC(=O)C1C=CCN1C(=O)c1cc(-c2ccccn2)c(N2CCOCC2)s1. The Bertz CT molecular complexity index is 890. The molecule has 146 valence electrons. The lowest BCUT2D eigenvalue weighted by atomic mass is 10.1. The number of carbonyl (C=O) groups excluding carboxylic acids is 2. The van der Waals surface area contributed by atoms with Crippen molar-refractivity contribution in [3.63, 3.8) is 0 Å². The number of esters is 1. The van der Waals surface area contributed by atoms with Crippen molar-refractivity contribution in [2.75, 3.05) is 44.9 Å². The second-order valence-electron chi connectivity index (χ2n) is 6.50. The van der Waals surface area contributed by atoms with E-state index in [0.717, 1.165) is 29.3 Å². The van der Waals surface area contributed by atoms with Gasteiger partial charge in [-0.25, -0.2) is 4.79 Å². The van der Waals surface area contributed by atoms with Crippen LogP contribution in [0.1, 0.15) is 9.67 Å². The van der Waals surface area contributed by atoms with Gasteiger partial charge in [-0.1, -0.05) is 18.2 Å². The van der Waals surface area contributed by atoms with Crippen LogP contribution in [0.25, 0.3) is 11.3 Å². The summed E-state index contributed by atoms with van der Waals surface area (Å²) >= 11 is 1.44. The summed E-state index contributed by atoms with van der Waals surface area (Å²) < 4.78 is 10.3. The van der Waals surface area contributed by atoms with E-state index in [-0.39, 0.29) is 5.91 Å². The van der Waals surface area contributed by atoms with Crippen LogP contribution in [0.4, 0.5) is 5.00 Å². The van der Waals surface area contributed by atoms with Crippen molar-refractivity contribution in [3.8, 4) is 11.3 Å². The van der Waals surface area contributed by atoms with Gasteiger partial charge >= 0.3 is 5.97 Å². The molecule has 1 atom stereocenters. The number of ether oxygens (including phenoxy) is 2. The summed E-state index contributed by atoms with van der Waals surface area (Å²) in [4.78, 5) is 34.0. The van der Waals surface area contributed by atoms with Gasteiger partial charge in [-0.15, -0.1) is 11.3 Å². The van der Waals surface area contributed by atoms with E-state index in [1.165, 1.54) is 23.3 Å². The van der Waals surface area contributed by atoms with E-state index in [9.17, 15) is 9.59 Å². The number of aromatic nitrogens is 1. The monoisotopic (exact) mass is 399 g/mol. The van der Waals surface area contributed by atoms with Crippen LogP contribution in [-0.2, 0) is 14.3 Å². The van der Waals surface area contributed by atoms with E-state index in [1.54, 1.807) is 12.3 Å². The first kappa shape index (κ1) is 18.6. The van der Waals surface area contributed by atoms with E-state index in [1.807, 2.05) is 30.3 Å². The Morgan fingerprint density at radius 2 is 2.11 bits per heavy atom. The minimum atomic E-state index is -0.676. The molecule has 1 unspecified atom stereocenters. The number of hydrogen-bond acceptors (Lipinski definition) is 7. The van der Waals surface area contributed by atoms with Gasteiger partial charge in [0.15, 0.2) is 0 Å². The highest BCUT2D eigenvalue weighted by Crippen LogP contribution is 2.39. The number of morpholine rings is 1. The maximum absolute atomic E-state index is 13.2. The van der Waals surface area contributed by atoms with Crippen LogP contribution in [0.2, 0.25) is 0 Å². The molecule has 1 amide bonds. The number of methoxy groups -OCH3 is 1. The number of nitrogens with zero attached hydrogens (tertiary/aromatic N) is 3. The number of hydrogen-bond donors (Lipinski definition) is 0. The van der Waals surface area contributed by atoms with Gasteiger partial charge in [-0.2, -0.15) is 0 Å². The molecular formula is C20H21N3O4S. The molecular weight excluding hydrogens is 378 g/mol. The van der Waals surface area contributed by atoms with Gasteiger partial charge in [-0.05, 0) is 18.2 Å². The number of pyridine rings is 1. The maximum atomic E-state index is 13.2. The molecule has 0 aliphatic carbocycles. The molecule has 2 aliphatic rings. The minimum Gasteiger partial charge on any atom is -0.467 e. The molecule has 1 fully saturated rings. The fraction of sp³-hybridized carbons (Fsp3) is 0.350. The number of amides is 1.